The lowest BCUT2D eigenvalue weighted by molar-refractivity contribution is -0.121. The second kappa shape index (κ2) is 13.8. The van der Waals surface area contributed by atoms with E-state index in [2.05, 4.69) is 10.6 Å². The second-order valence-corrected chi connectivity index (χ2v) is 12.4. The largest absolute Gasteiger partial charge is 0.493 e. The summed E-state index contributed by atoms with van der Waals surface area (Å²) >= 11 is 13.3. The average Bonchev–Trinajstić information content (AvgIpc) is 3.65. The number of halogens is 2. The van der Waals surface area contributed by atoms with E-state index < -0.39 is 17.1 Å². The Labute approximate surface area is 283 Å². The maximum atomic E-state index is 13.7. The number of hydrogen-bond acceptors (Lipinski definition) is 8. The Morgan fingerprint density at radius 3 is 2.53 bits per heavy atom. The molecule has 0 spiro atoms. The molecule has 2 heterocycles. The maximum Gasteiger partial charge on any atom is 0.272 e. The van der Waals surface area contributed by atoms with Crippen LogP contribution in [0.4, 0.5) is 11.4 Å². The van der Waals surface area contributed by atoms with Crippen LogP contribution >= 0.6 is 35.0 Å². The van der Waals surface area contributed by atoms with E-state index in [1.54, 1.807) is 72.8 Å². The summed E-state index contributed by atoms with van der Waals surface area (Å²) in [4.78, 5) is 54.6. The SMILES string of the molecule is COc1cc(/C=C(\NC(=O)c2ccccc2)C(=O)Nc2cccc(S[C@@H]3CC(=O)N(c4ccc(Cl)c(Cl)c4)C3=O)c2)cc2c1OCO2. The van der Waals surface area contributed by atoms with E-state index in [1.807, 2.05) is 0 Å². The molecule has 0 unspecified atom stereocenters. The topological polar surface area (TPSA) is 123 Å². The van der Waals surface area contributed by atoms with Gasteiger partial charge in [0.05, 0.1) is 28.1 Å². The number of methoxy groups -OCH3 is 1. The summed E-state index contributed by atoms with van der Waals surface area (Å²) in [5, 5.41) is 5.38. The van der Waals surface area contributed by atoms with Gasteiger partial charge in [-0.3, -0.25) is 19.2 Å². The molecule has 0 radical (unpaired) electrons. The highest BCUT2D eigenvalue weighted by Gasteiger charge is 2.40. The number of rotatable bonds is 9. The lowest BCUT2D eigenvalue weighted by atomic mass is 10.1. The van der Waals surface area contributed by atoms with Crippen LogP contribution in [0.15, 0.2) is 95.5 Å². The first-order chi connectivity index (χ1) is 22.7. The van der Waals surface area contributed by atoms with Gasteiger partial charge in [0, 0.05) is 22.6 Å². The monoisotopic (exact) mass is 689 g/mol. The number of benzene rings is 4. The summed E-state index contributed by atoms with van der Waals surface area (Å²) in [6.07, 6.45) is 1.48. The number of ether oxygens (including phenoxy) is 3. The van der Waals surface area contributed by atoms with Crippen LogP contribution in [-0.4, -0.2) is 42.8 Å². The summed E-state index contributed by atoms with van der Waals surface area (Å²) in [7, 11) is 1.49. The van der Waals surface area contributed by atoms with Gasteiger partial charge in [-0.2, -0.15) is 0 Å². The highest BCUT2D eigenvalue weighted by Crippen LogP contribution is 2.42. The van der Waals surface area contributed by atoms with Crippen LogP contribution in [-0.2, 0) is 14.4 Å². The van der Waals surface area contributed by atoms with Crippen LogP contribution in [0.25, 0.3) is 6.08 Å². The highest BCUT2D eigenvalue weighted by molar-refractivity contribution is 8.00. The molecule has 10 nitrogen and oxygen atoms in total. The predicted octanol–water partition coefficient (Wildman–Crippen LogP) is 6.56. The first-order valence-corrected chi connectivity index (χ1v) is 15.8. The van der Waals surface area contributed by atoms with Crippen molar-refractivity contribution in [2.24, 2.45) is 0 Å². The zero-order valence-electron chi connectivity index (χ0n) is 24.6. The number of nitrogens with one attached hydrogen (secondary N) is 2. The molecule has 47 heavy (non-hydrogen) atoms. The van der Waals surface area contributed by atoms with Crippen LogP contribution in [0.5, 0.6) is 17.2 Å². The van der Waals surface area contributed by atoms with E-state index in [-0.39, 0.29) is 35.7 Å². The molecule has 1 saturated heterocycles. The molecule has 0 bridgehead atoms. The van der Waals surface area contributed by atoms with E-state index >= 15 is 0 Å². The molecule has 238 valence electrons. The van der Waals surface area contributed by atoms with Gasteiger partial charge in [-0.05, 0) is 72.3 Å². The van der Waals surface area contributed by atoms with Gasteiger partial charge in [0.15, 0.2) is 11.5 Å². The Morgan fingerprint density at radius 2 is 1.77 bits per heavy atom. The molecule has 1 fully saturated rings. The van der Waals surface area contributed by atoms with Gasteiger partial charge in [-0.25, -0.2) is 4.90 Å². The van der Waals surface area contributed by atoms with Crippen LogP contribution < -0.4 is 29.7 Å². The highest BCUT2D eigenvalue weighted by atomic mass is 35.5. The summed E-state index contributed by atoms with van der Waals surface area (Å²) in [6.45, 7) is 0.0272. The Bertz CT molecular complexity index is 1940. The zero-order valence-corrected chi connectivity index (χ0v) is 26.9. The quantitative estimate of drug-likeness (QED) is 0.150. The number of imide groups is 1. The van der Waals surface area contributed by atoms with E-state index in [0.29, 0.717) is 49.7 Å². The van der Waals surface area contributed by atoms with Crippen molar-refractivity contribution in [3.05, 3.63) is 112 Å². The minimum atomic E-state index is -0.690. The lowest BCUT2D eigenvalue weighted by Gasteiger charge is -2.16. The molecule has 0 aromatic heterocycles. The standard InChI is InChI=1S/C34H25Cl2N3O7S/c1-44-27-13-19(14-28-31(27)46-18-45-28)12-26(38-32(41)20-6-3-2-4-7-20)33(42)37-21-8-5-9-23(15-21)47-29-17-30(40)39(34(29)43)22-10-11-24(35)25(36)16-22/h2-16,29H,17-18H2,1H3,(H,37,42)(H,38,41)/b26-12-/t29-/m1/s1. The van der Waals surface area contributed by atoms with E-state index in [0.717, 1.165) is 4.90 Å². The van der Waals surface area contributed by atoms with Crippen molar-refractivity contribution in [3.8, 4) is 17.2 Å². The molecule has 2 N–H and O–H groups in total. The van der Waals surface area contributed by atoms with Crippen LogP contribution in [0.3, 0.4) is 0 Å². The minimum absolute atomic E-state index is 0.0161. The number of carbonyl (C=O) groups excluding carboxylic acids is 4. The fourth-order valence-electron chi connectivity index (χ4n) is 4.94. The molecule has 0 aliphatic carbocycles. The summed E-state index contributed by atoms with van der Waals surface area (Å²) in [5.41, 5.74) is 1.58. The van der Waals surface area contributed by atoms with Crippen molar-refractivity contribution >= 4 is 76.0 Å². The van der Waals surface area contributed by atoms with Gasteiger partial charge >= 0.3 is 0 Å². The predicted molar refractivity (Wildman–Crippen MR) is 179 cm³/mol. The molecule has 13 heteroatoms. The minimum Gasteiger partial charge on any atom is -0.493 e. The molecule has 6 rings (SSSR count). The third-order valence-electron chi connectivity index (χ3n) is 7.16. The fourth-order valence-corrected chi connectivity index (χ4v) is 6.35. The van der Waals surface area contributed by atoms with Gasteiger partial charge in [-0.15, -0.1) is 11.8 Å². The van der Waals surface area contributed by atoms with Gasteiger partial charge in [-0.1, -0.05) is 47.5 Å². The number of amides is 4. The molecular weight excluding hydrogens is 665 g/mol. The number of thioether (sulfide) groups is 1. The van der Waals surface area contributed by atoms with Crippen molar-refractivity contribution in [1.29, 1.82) is 0 Å². The normalized spacial score (nSPS) is 15.5. The Morgan fingerprint density at radius 1 is 0.957 bits per heavy atom. The summed E-state index contributed by atoms with van der Waals surface area (Å²) in [6, 6.07) is 23.2. The third-order valence-corrected chi connectivity index (χ3v) is 9.08. The second-order valence-electron chi connectivity index (χ2n) is 10.3. The smallest absolute Gasteiger partial charge is 0.272 e. The molecule has 4 aromatic rings. The maximum absolute atomic E-state index is 13.7. The number of carbonyl (C=O) groups is 4. The Balaban J connectivity index is 1.22. The number of fused-ring (bicyclic) bond motifs is 1. The molecule has 2 aliphatic heterocycles. The Kier molecular flexibility index (Phi) is 9.39. The van der Waals surface area contributed by atoms with Crippen molar-refractivity contribution in [1.82, 2.24) is 5.32 Å². The number of anilines is 2. The molecule has 2 aliphatic rings. The van der Waals surface area contributed by atoms with Crippen molar-refractivity contribution in [2.75, 3.05) is 24.1 Å². The first-order valence-electron chi connectivity index (χ1n) is 14.2. The number of nitrogens with zero attached hydrogens (tertiary/aromatic N) is 1. The van der Waals surface area contributed by atoms with Crippen molar-refractivity contribution < 1.29 is 33.4 Å². The average molecular weight is 691 g/mol. The fraction of sp³-hybridized carbons (Fsp3) is 0.118. The Hall–Kier alpha value is -4.97. The van der Waals surface area contributed by atoms with Gasteiger partial charge < -0.3 is 24.8 Å². The van der Waals surface area contributed by atoms with Crippen molar-refractivity contribution in [3.63, 3.8) is 0 Å². The molecule has 1 atom stereocenters. The van der Waals surface area contributed by atoms with E-state index in [1.165, 1.54) is 37.1 Å². The van der Waals surface area contributed by atoms with Crippen LogP contribution in [0.2, 0.25) is 10.0 Å². The molecule has 4 aromatic carbocycles. The van der Waals surface area contributed by atoms with Gasteiger partial charge in [0.1, 0.15) is 5.70 Å². The van der Waals surface area contributed by atoms with Crippen LogP contribution in [0, 0.1) is 0 Å². The van der Waals surface area contributed by atoms with E-state index in [4.69, 9.17) is 37.4 Å². The molecular formula is C34H25Cl2N3O7S. The lowest BCUT2D eigenvalue weighted by Crippen LogP contribution is -2.31. The van der Waals surface area contributed by atoms with Crippen molar-refractivity contribution in [2.45, 2.75) is 16.6 Å². The molecule has 4 amide bonds. The summed E-state index contributed by atoms with van der Waals surface area (Å²) in [5.74, 6) is -0.554. The first kappa shape index (κ1) is 32.0. The third kappa shape index (κ3) is 7.07. The van der Waals surface area contributed by atoms with Gasteiger partial charge in [0.2, 0.25) is 24.4 Å². The zero-order chi connectivity index (χ0) is 33.1. The van der Waals surface area contributed by atoms with Gasteiger partial charge in [0.25, 0.3) is 11.8 Å². The van der Waals surface area contributed by atoms with E-state index in [9.17, 15) is 19.2 Å². The summed E-state index contributed by atoms with van der Waals surface area (Å²) < 4.78 is 16.4. The molecule has 0 saturated carbocycles. The van der Waals surface area contributed by atoms with Crippen LogP contribution in [0.1, 0.15) is 22.3 Å². The number of hydrogen-bond donors (Lipinski definition) is 2.